The predicted octanol–water partition coefficient (Wildman–Crippen LogP) is 2.13. The molecule has 1 unspecified atom stereocenters. The third-order valence-corrected chi connectivity index (χ3v) is 4.45. The minimum Gasteiger partial charge on any atom is -0.475 e. The maximum Gasteiger partial charge on any atom is 0.490 e. The maximum atomic E-state index is 11.5. The van der Waals surface area contributed by atoms with Crippen LogP contribution in [0.4, 0.5) is 13.2 Å². The number of nitrogens with one attached hydrogen (secondary N) is 1. The number of amides is 1. The van der Waals surface area contributed by atoms with Crippen LogP contribution in [-0.4, -0.2) is 64.6 Å². The van der Waals surface area contributed by atoms with Crippen LogP contribution in [0.2, 0.25) is 0 Å². The molecule has 1 atom stereocenters. The first-order valence-electron chi connectivity index (χ1n) is 9.46. The normalized spacial score (nSPS) is 16.2. The fraction of sp³-hybridized carbons (Fsp3) is 0.526. The Hall–Kier alpha value is -2.86. The number of hydrogen-bond acceptors (Lipinski definition) is 6. The Morgan fingerprint density at radius 1 is 1.35 bits per heavy atom. The zero-order valence-corrected chi connectivity index (χ0v) is 17.2. The van der Waals surface area contributed by atoms with E-state index in [1.807, 2.05) is 25.3 Å². The second kappa shape index (κ2) is 11.0. The second-order valence-electron chi connectivity index (χ2n) is 6.98. The summed E-state index contributed by atoms with van der Waals surface area (Å²) in [5.74, 6) is -0.929. The van der Waals surface area contributed by atoms with E-state index in [1.54, 1.807) is 0 Å². The molecular formula is C19H25F3N4O5. The number of rotatable bonds is 7. The van der Waals surface area contributed by atoms with E-state index in [4.69, 9.17) is 19.1 Å². The van der Waals surface area contributed by atoms with Gasteiger partial charge in [0.1, 0.15) is 18.1 Å². The summed E-state index contributed by atoms with van der Waals surface area (Å²) in [5.41, 5.74) is 1.19. The van der Waals surface area contributed by atoms with E-state index in [0.29, 0.717) is 6.54 Å². The van der Waals surface area contributed by atoms with Gasteiger partial charge in [-0.25, -0.2) is 4.79 Å². The highest BCUT2D eigenvalue weighted by molar-refractivity contribution is 5.77. The Balaban J connectivity index is 0.000000423. The van der Waals surface area contributed by atoms with Gasteiger partial charge in [0.2, 0.25) is 5.91 Å². The van der Waals surface area contributed by atoms with Crippen LogP contribution in [0.25, 0.3) is 0 Å². The highest BCUT2D eigenvalue weighted by Gasteiger charge is 2.38. The molecule has 2 N–H and O–H groups in total. The zero-order valence-electron chi connectivity index (χ0n) is 17.2. The standard InChI is InChI=1S/C17H24N4O3.C2HF3O2/c1-13-3-4-16(24-13)11-20-9-14(5-7-18-17(22)12-23-2)21-15(10-20)6-8-19-21;3-2(4,5)1(6)7/h3-4,6,8,14H,5,7,9-12H2,1-2H3,(H,18,22);(H,6,7). The number of fused-ring (bicyclic) bond motifs is 1. The summed E-state index contributed by atoms with van der Waals surface area (Å²) in [7, 11) is 1.52. The van der Waals surface area contributed by atoms with Gasteiger partial charge in [-0.2, -0.15) is 18.3 Å². The number of carbonyl (C=O) groups is 2. The first-order chi connectivity index (χ1) is 14.6. The molecule has 9 nitrogen and oxygen atoms in total. The van der Waals surface area contributed by atoms with Crippen LogP contribution in [0.3, 0.4) is 0 Å². The van der Waals surface area contributed by atoms with Crippen molar-refractivity contribution < 1.29 is 37.0 Å². The van der Waals surface area contributed by atoms with Crippen LogP contribution in [0.1, 0.15) is 29.7 Å². The van der Waals surface area contributed by atoms with Gasteiger partial charge >= 0.3 is 12.1 Å². The molecule has 1 amide bonds. The first-order valence-corrected chi connectivity index (χ1v) is 9.46. The second-order valence-corrected chi connectivity index (χ2v) is 6.98. The van der Waals surface area contributed by atoms with Gasteiger partial charge in [-0.1, -0.05) is 0 Å². The smallest absolute Gasteiger partial charge is 0.475 e. The SMILES string of the molecule is COCC(=O)NCCC1CN(Cc2ccc(C)o2)Cc2ccnn21.O=C(O)C(F)(F)F. The molecule has 3 rings (SSSR count). The molecule has 0 bridgehead atoms. The highest BCUT2D eigenvalue weighted by atomic mass is 19.4. The maximum absolute atomic E-state index is 11.5. The lowest BCUT2D eigenvalue weighted by Gasteiger charge is -2.33. The van der Waals surface area contributed by atoms with Crippen molar-refractivity contribution in [2.45, 2.75) is 38.7 Å². The summed E-state index contributed by atoms with van der Waals surface area (Å²) in [4.78, 5) is 22.8. The Morgan fingerprint density at radius 3 is 2.65 bits per heavy atom. The number of carboxylic acids is 1. The molecule has 0 saturated carbocycles. The van der Waals surface area contributed by atoms with Gasteiger partial charge in [0.05, 0.1) is 18.3 Å². The minimum atomic E-state index is -5.08. The van der Waals surface area contributed by atoms with Crippen molar-refractivity contribution in [3.63, 3.8) is 0 Å². The number of ether oxygens (including phenoxy) is 1. The summed E-state index contributed by atoms with van der Waals surface area (Å²) >= 11 is 0. The summed E-state index contributed by atoms with van der Waals surface area (Å²) < 4.78 is 44.3. The number of carboxylic acid groups (broad SMARTS) is 1. The number of carbonyl (C=O) groups excluding carboxylic acids is 1. The van der Waals surface area contributed by atoms with Gasteiger partial charge < -0.3 is 19.6 Å². The molecule has 12 heteroatoms. The third kappa shape index (κ3) is 7.72. The van der Waals surface area contributed by atoms with Crippen molar-refractivity contribution in [1.29, 1.82) is 0 Å². The van der Waals surface area contributed by atoms with Crippen LogP contribution in [0.15, 0.2) is 28.8 Å². The molecule has 0 radical (unpaired) electrons. The van der Waals surface area contributed by atoms with Crippen LogP contribution in [-0.2, 0) is 27.4 Å². The predicted molar refractivity (Wildman–Crippen MR) is 102 cm³/mol. The van der Waals surface area contributed by atoms with E-state index in [2.05, 4.69) is 26.1 Å². The Morgan fingerprint density at radius 2 is 2.06 bits per heavy atom. The number of furan rings is 1. The topological polar surface area (TPSA) is 110 Å². The largest absolute Gasteiger partial charge is 0.490 e. The molecule has 0 saturated heterocycles. The number of methoxy groups -OCH3 is 1. The number of nitrogens with zero attached hydrogens (tertiary/aromatic N) is 3. The van der Waals surface area contributed by atoms with Crippen LogP contribution < -0.4 is 5.32 Å². The fourth-order valence-electron chi connectivity index (χ4n) is 3.15. The molecule has 1 aliphatic heterocycles. The lowest BCUT2D eigenvalue weighted by atomic mass is 10.1. The molecular weight excluding hydrogens is 421 g/mol. The van der Waals surface area contributed by atoms with E-state index in [9.17, 15) is 18.0 Å². The van der Waals surface area contributed by atoms with Crippen molar-refractivity contribution in [3.8, 4) is 0 Å². The fourth-order valence-corrected chi connectivity index (χ4v) is 3.15. The highest BCUT2D eigenvalue weighted by Crippen LogP contribution is 2.24. The molecule has 2 aromatic heterocycles. The quantitative estimate of drug-likeness (QED) is 0.671. The lowest BCUT2D eigenvalue weighted by molar-refractivity contribution is -0.192. The Labute approximate surface area is 176 Å². The van der Waals surface area contributed by atoms with Gasteiger partial charge in [-0.05, 0) is 31.5 Å². The molecule has 31 heavy (non-hydrogen) atoms. The summed E-state index contributed by atoms with van der Waals surface area (Å²) in [6.45, 7) is 5.19. The number of hydrogen-bond donors (Lipinski definition) is 2. The Bertz CT molecular complexity index is 865. The molecule has 2 aromatic rings. The number of aryl methyl sites for hydroxylation is 1. The van der Waals surface area contributed by atoms with Crippen LogP contribution >= 0.6 is 0 Å². The first kappa shape index (κ1) is 24.4. The molecule has 3 heterocycles. The third-order valence-electron chi connectivity index (χ3n) is 4.45. The van der Waals surface area contributed by atoms with Gasteiger partial charge in [0.15, 0.2) is 0 Å². The average Bonchev–Trinajstić information content (AvgIpc) is 3.30. The van der Waals surface area contributed by atoms with E-state index in [0.717, 1.165) is 37.6 Å². The van der Waals surface area contributed by atoms with E-state index in [-0.39, 0.29) is 18.6 Å². The molecule has 1 aliphatic rings. The van der Waals surface area contributed by atoms with Crippen LogP contribution in [0.5, 0.6) is 0 Å². The molecule has 172 valence electrons. The van der Waals surface area contributed by atoms with Crippen molar-refractivity contribution in [2.75, 3.05) is 26.8 Å². The summed E-state index contributed by atoms with van der Waals surface area (Å²) in [5, 5.41) is 14.5. The molecule has 0 spiro atoms. The van der Waals surface area contributed by atoms with Crippen molar-refractivity contribution in [1.82, 2.24) is 20.0 Å². The number of aromatic nitrogens is 2. The molecule has 0 aromatic carbocycles. The summed E-state index contributed by atoms with van der Waals surface area (Å²) in [6.07, 6.45) is -2.41. The van der Waals surface area contributed by atoms with E-state index >= 15 is 0 Å². The number of aliphatic carboxylic acids is 1. The van der Waals surface area contributed by atoms with Gasteiger partial charge in [-0.3, -0.25) is 14.4 Å². The summed E-state index contributed by atoms with van der Waals surface area (Å²) in [6, 6.07) is 6.31. The minimum absolute atomic E-state index is 0.0862. The van der Waals surface area contributed by atoms with Crippen molar-refractivity contribution in [3.05, 3.63) is 41.6 Å². The number of alkyl halides is 3. The van der Waals surface area contributed by atoms with E-state index < -0.39 is 12.1 Å². The molecule has 0 aliphatic carbocycles. The van der Waals surface area contributed by atoms with Crippen molar-refractivity contribution >= 4 is 11.9 Å². The van der Waals surface area contributed by atoms with Gasteiger partial charge in [0, 0.05) is 32.9 Å². The molecule has 0 fully saturated rings. The average molecular weight is 446 g/mol. The van der Waals surface area contributed by atoms with E-state index in [1.165, 1.54) is 12.8 Å². The Kier molecular flexibility index (Phi) is 8.63. The van der Waals surface area contributed by atoms with Gasteiger partial charge in [-0.15, -0.1) is 0 Å². The van der Waals surface area contributed by atoms with Gasteiger partial charge in [0.25, 0.3) is 0 Å². The monoisotopic (exact) mass is 446 g/mol. The zero-order chi connectivity index (χ0) is 23.0. The number of halogens is 3. The van der Waals surface area contributed by atoms with Crippen molar-refractivity contribution in [2.24, 2.45) is 0 Å². The lowest BCUT2D eigenvalue weighted by Crippen LogP contribution is -2.39. The van der Waals surface area contributed by atoms with Crippen LogP contribution in [0, 0.1) is 6.92 Å².